The lowest BCUT2D eigenvalue weighted by Crippen LogP contribution is -2.42. The van der Waals surface area contributed by atoms with Gasteiger partial charge in [0.05, 0.1) is 24.3 Å². The van der Waals surface area contributed by atoms with Gasteiger partial charge in [-0.15, -0.1) is 0 Å². The lowest BCUT2D eigenvalue weighted by atomic mass is 10.2. The molecule has 0 spiro atoms. The average Bonchev–Trinajstić information content (AvgIpc) is 2.68. The van der Waals surface area contributed by atoms with Crippen molar-refractivity contribution in [3.05, 3.63) is 52.1 Å². The molecule has 140 valence electrons. The predicted octanol–water partition coefficient (Wildman–Crippen LogP) is 1.60. The molecule has 1 amide bonds. The van der Waals surface area contributed by atoms with Crippen LogP contribution in [0.1, 0.15) is 5.56 Å². The number of para-hydroxylation sites is 2. The summed E-state index contributed by atoms with van der Waals surface area (Å²) in [5, 5.41) is 24.7. The van der Waals surface area contributed by atoms with Gasteiger partial charge in [0.2, 0.25) is 6.10 Å². The minimum absolute atomic E-state index is 0.00695. The van der Waals surface area contributed by atoms with E-state index in [2.05, 4.69) is 10.5 Å². The highest BCUT2D eigenvalue weighted by Gasteiger charge is 2.27. The topological polar surface area (TPSA) is 133 Å². The molecular weight excluding hydrogens is 358 g/mol. The first-order valence-electron chi connectivity index (χ1n) is 7.76. The highest BCUT2D eigenvalue weighted by molar-refractivity contribution is 5.88. The fraction of sp³-hybridized carbons (Fsp3) is 0.176. The van der Waals surface area contributed by atoms with Crippen molar-refractivity contribution in [2.24, 2.45) is 5.10 Å². The van der Waals surface area contributed by atoms with Crippen LogP contribution in [0, 0.1) is 10.1 Å². The fourth-order valence-electron chi connectivity index (χ4n) is 2.36. The third-order valence-corrected chi connectivity index (χ3v) is 3.70. The van der Waals surface area contributed by atoms with Crippen LogP contribution in [0.25, 0.3) is 0 Å². The molecule has 0 unspecified atom stereocenters. The highest BCUT2D eigenvalue weighted by atomic mass is 16.6. The van der Waals surface area contributed by atoms with Gasteiger partial charge < -0.3 is 19.3 Å². The van der Waals surface area contributed by atoms with Crippen molar-refractivity contribution in [3.8, 4) is 23.0 Å². The number of nitro groups is 1. The summed E-state index contributed by atoms with van der Waals surface area (Å²) in [4.78, 5) is 22.5. The van der Waals surface area contributed by atoms with Crippen LogP contribution in [0.15, 0.2) is 41.5 Å². The summed E-state index contributed by atoms with van der Waals surface area (Å²) in [6.07, 6.45) is 0.158. The number of hydrazone groups is 1. The van der Waals surface area contributed by atoms with Gasteiger partial charge >= 0.3 is 0 Å². The van der Waals surface area contributed by atoms with E-state index in [0.717, 1.165) is 18.3 Å². The Balaban J connectivity index is 1.70. The van der Waals surface area contributed by atoms with Gasteiger partial charge in [-0.2, -0.15) is 5.10 Å². The second-order valence-corrected chi connectivity index (χ2v) is 5.44. The predicted molar refractivity (Wildman–Crippen MR) is 93.4 cm³/mol. The number of phenolic OH excluding ortho intramolecular Hbond substituents is 1. The molecule has 2 aromatic carbocycles. The number of phenols is 1. The summed E-state index contributed by atoms with van der Waals surface area (Å²) < 4.78 is 15.9. The van der Waals surface area contributed by atoms with Crippen LogP contribution in [0.3, 0.4) is 0 Å². The van der Waals surface area contributed by atoms with Gasteiger partial charge in [0.15, 0.2) is 23.0 Å². The van der Waals surface area contributed by atoms with Crippen molar-refractivity contribution in [3.63, 3.8) is 0 Å². The Morgan fingerprint density at radius 3 is 2.85 bits per heavy atom. The Morgan fingerprint density at radius 2 is 2.15 bits per heavy atom. The van der Waals surface area contributed by atoms with Crippen LogP contribution in [-0.4, -0.2) is 42.0 Å². The van der Waals surface area contributed by atoms with Crippen LogP contribution in [0.4, 0.5) is 5.69 Å². The van der Waals surface area contributed by atoms with Crippen LogP contribution >= 0.6 is 0 Å². The van der Waals surface area contributed by atoms with Crippen molar-refractivity contribution < 1.29 is 29.0 Å². The molecule has 0 bridgehead atoms. The van der Waals surface area contributed by atoms with E-state index in [0.29, 0.717) is 11.5 Å². The van der Waals surface area contributed by atoms with Gasteiger partial charge in [0.25, 0.3) is 11.6 Å². The quantitative estimate of drug-likeness (QED) is 0.462. The maximum Gasteiger partial charge on any atom is 0.284 e. The first-order chi connectivity index (χ1) is 13.0. The number of nitrogens with zero attached hydrogens (tertiary/aromatic N) is 2. The van der Waals surface area contributed by atoms with E-state index in [1.54, 1.807) is 24.3 Å². The largest absolute Gasteiger partial charge is 0.504 e. The molecule has 1 heterocycles. The van der Waals surface area contributed by atoms with Crippen LogP contribution in [0.5, 0.6) is 23.0 Å². The number of hydrogen-bond donors (Lipinski definition) is 2. The molecule has 0 fully saturated rings. The molecule has 0 saturated heterocycles. The maximum atomic E-state index is 12.2. The second kappa shape index (κ2) is 7.60. The Hall–Kier alpha value is -3.82. The number of ether oxygens (including phenoxy) is 3. The Bertz CT molecular complexity index is 913. The number of carbonyl (C=O) groups is 1. The Labute approximate surface area is 153 Å². The van der Waals surface area contributed by atoms with Gasteiger partial charge in [0, 0.05) is 11.6 Å². The lowest BCUT2D eigenvalue weighted by Gasteiger charge is -2.24. The van der Waals surface area contributed by atoms with E-state index in [4.69, 9.17) is 14.2 Å². The minimum Gasteiger partial charge on any atom is -0.504 e. The minimum atomic E-state index is -0.912. The molecule has 1 atom stereocenters. The molecular formula is C17H15N3O7. The summed E-state index contributed by atoms with van der Waals surface area (Å²) in [6.45, 7) is 0.00818. The monoisotopic (exact) mass is 373 g/mol. The fourth-order valence-corrected chi connectivity index (χ4v) is 2.36. The van der Waals surface area contributed by atoms with Crippen LogP contribution in [0.2, 0.25) is 0 Å². The van der Waals surface area contributed by atoms with E-state index in [-0.39, 0.29) is 29.4 Å². The summed E-state index contributed by atoms with van der Waals surface area (Å²) >= 11 is 0. The molecule has 10 nitrogen and oxygen atoms in total. The van der Waals surface area contributed by atoms with Crippen LogP contribution in [-0.2, 0) is 4.79 Å². The van der Waals surface area contributed by atoms with Crippen molar-refractivity contribution in [1.82, 2.24) is 5.43 Å². The van der Waals surface area contributed by atoms with Crippen molar-refractivity contribution in [1.29, 1.82) is 0 Å². The van der Waals surface area contributed by atoms with Gasteiger partial charge in [-0.25, -0.2) is 5.43 Å². The zero-order valence-corrected chi connectivity index (χ0v) is 14.1. The van der Waals surface area contributed by atoms with Crippen LogP contribution < -0.4 is 19.6 Å². The first-order valence-corrected chi connectivity index (χ1v) is 7.76. The number of carbonyl (C=O) groups excluding carboxylic acids is 1. The third-order valence-electron chi connectivity index (χ3n) is 3.70. The number of amides is 1. The van der Waals surface area contributed by atoms with E-state index in [1.807, 2.05) is 0 Å². The van der Waals surface area contributed by atoms with E-state index in [9.17, 15) is 20.0 Å². The highest BCUT2D eigenvalue weighted by Crippen LogP contribution is 2.33. The van der Waals surface area contributed by atoms with Crippen molar-refractivity contribution in [2.75, 3.05) is 13.7 Å². The van der Waals surface area contributed by atoms with Gasteiger partial charge in [-0.05, 0) is 12.1 Å². The number of aromatic hydroxyl groups is 1. The molecule has 3 rings (SSSR count). The summed E-state index contributed by atoms with van der Waals surface area (Å²) in [5.74, 6) is -0.0184. The molecule has 0 aliphatic carbocycles. The molecule has 27 heavy (non-hydrogen) atoms. The molecule has 10 heteroatoms. The van der Waals surface area contributed by atoms with Gasteiger partial charge in [-0.3, -0.25) is 14.9 Å². The molecule has 0 radical (unpaired) electrons. The van der Waals surface area contributed by atoms with E-state index >= 15 is 0 Å². The average molecular weight is 373 g/mol. The standard InChI is InChI=1S/C17H15N3O7/c1-25-14-7-11(20(23)24)6-10(16(14)21)8-18-19-17(22)15-9-26-12-4-2-3-5-13(12)27-15/h2-8,15,21H,9H2,1H3,(H,19,22)/t15-/m1/s1. The van der Waals surface area contributed by atoms with Gasteiger partial charge in [-0.1, -0.05) is 12.1 Å². The molecule has 0 saturated carbocycles. The number of methoxy groups -OCH3 is 1. The number of nitrogens with one attached hydrogen (secondary N) is 1. The summed E-state index contributed by atoms with van der Waals surface area (Å²) in [5.41, 5.74) is 1.96. The molecule has 0 aromatic heterocycles. The number of fused-ring (bicyclic) bond motifs is 1. The van der Waals surface area contributed by atoms with Crippen molar-refractivity contribution >= 4 is 17.8 Å². The van der Waals surface area contributed by atoms with E-state index < -0.39 is 16.9 Å². The second-order valence-electron chi connectivity index (χ2n) is 5.44. The number of nitro benzene ring substituents is 1. The van der Waals surface area contributed by atoms with E-state index in [1.165, 1.54) is 7.11 Å². The smallest absolute Gasteiger partial charge is 0.284 e. The zero-order chi connectivity index (χ0) is 19.4. The Kier molecular flexibility index (Phi) is 5.06. The number of rotatable bonds is 5. The summed E-state index contributed by atoms with van der Waals surface area (Å²) in [6, 6.07) is 9.11. The SMILES string of the molecule is COc1cc([N+](=O)[O-])cc(C=NNC(=O)[C@H]2COc3ccccc3O2)c1O. The number of hydrogen-bond acceptors (Lipinski definition) is 8. The first kappa shape index (κ1) is 18.0. The molecule has 1 aliphatic heterocycles. The Morgan fingerprint density at radius 1 is 1.41 bits per heavy atom. The number of benzene rings is 2. The maximum absolute atomic E-state index is 12.2. The van der Waals surface area contributed by atoms with Gasteiger partial charge in [0.1, 0.15) is 6.61 Å². The normalized spacial score (nSPS) is 15.4. The van der Waals surface area contributed by atoms with Crippen molar-refractivity contribution in [2.45, 2.75) is 6.10 Å². The third kappa shape index (κ3) is 3.89. The lowest BCUT2D eigenvalue weighted by molar-refractivity contribution is -0.385. The number of non-ortho nitro benzene ring substituents is 1. The molecule has 1 aliphatic rings. The molecule has 2 N–H and O–H groups in total. The summed E-state index contributed by atoms with van der Waals surface area (Å²) in [7, 11) is 1.26. The zero-order valence-electron chi connectivity index (χ0n) is 14.1. The molecule has 2 aromatic rings.